The van der Waals surface area contributed by atoms with E-state index in [4.69, 9.17) is 10.5 Å². The maximum atomic E-state index is 12.5. The number of benzene rings is 1. The zero-order valence-electron chi connectivity index (χ0n) is 13.2. The molecule has 0 saturated heterocycles. The highest BCUT2D eigenvalue weighted by atomic mass is 32.2. The molecule has 0 bridgehead atoms. The maximum absolute atomic E-state index is 12.5. The van der Waals surface area contributed by atoms with E-state index in [2.05, 4.69) is 0 Å². The van der Waals surface area contributed by atoms with E-state index < -0.39 is 10.0 Å². The van der Waals surface area contributed by atoms with Crippen LogP contribution >= 0.6 is 0 Å². The van der Waals surface area contributed by atoms with Crippen LogP contribution in [0.25, 0.3) is 0 Å². The Labute approximate surface area is 127 Å². The average molecular weight is 315 g/mol. The van der Waals surface area contributed by atoms with Gasteiger partial charge in [-0.15, -0.1) is 0 Å². The highest BCUT2D eigenvalue weighted by Gasteiger charge is 2.21. The van der Waals surface area contributed by atoms with Crippen LogP contribution in [0, 0.1) is 0 Å². The summed E-state index contributed by atoms with van der Waals surface area (Å²) in [6.45, 7) is 1.55. The lowest BCUT2D eigenvalue weighted by molar-refractivity contribution is 0.370. The van der Waals surface area contributed by atoms with Crippen molar-refractivity contribution in [3.05, 3.63) is 23.8 Å². The molecule has 1 aromatic rings. The van der Waals surface area contributed by atoms with Crippen molar-refractivity contribution in [3.8, 4) is 5.75 Å². The van der Waals surface area contributed by atoms with E-state index in [-0.39, 0.29) is 11.4 Å². The molecule has 7 heteroatoms. The van der Waals surface area contributed by atoms with E-state index in [1.54, 1.807) is 25.2 Å². The summed E-state index contributed by atoms with van der Waals surface area (Å²) in [5, 5.41) is 0. The Hall–Kier alpha value is -1.15. The van der Waals surface area contributed by atoms with Crippen molar-refractivity contribution in [2.45, 2.75) is 17.9 Å². The van der Waals surface area contributed by atoms with Crippen LogP contribution in [0.5, 0.6) is 5.75 Å². The summed E-state index contributed by atoms with van der Waals surface area (Å²) in [6.07, 6.45) is 0.780. The number of nitrogens with zero attached hydrogens (tertiary/aromatic N) is 2. The van der Waals surface area contributed by atoms with Gasteiger partial charge in [0.25, 0.3) is 0 Å². The van der Waals surface area contributed by atoms with Gasteiger partial charge in [0.2, 0.25) is 10.0 Å². The van der Waals surface area contributed by atoms with Crippen molar-refractivity contribution >= 4 is 10.0 Å². The second kappa shape index (κ2) is 7.74. The lowest BCUT2D eigenvalue weighted by atomic mass is 10.2. The number of hydrogen-bond donors (Lipinski definition) is 1. The molecule has 0 heterocycles. The summed E-state index contributed by atoms with van der Waals surface area (Å²) in [5.74, 6) is 0.603. The number of rotatable bonds is 8. The van der Waals surface area contributed by atoms with Crippen LogP contribution in [0.2, 0.25) is 0 Å². The van der Waals surface area contributed by atoms with E-state index in [9.17, 15) is 8.42 Å². The zero-order valence-corrected chi connectivity index (χ0v) is 14.0. The van der Waals surface area contributed by atoms with Crippen LogP contribution in [0.4, 0.5) is 0 Å². The summed E-state index contributed by atoms with van der Waals surface area (Å²) in [4.78, 5) is 2.27. The Morgan fingerprint density at radius 2 is 1.86 bits per heavy atom. The van der Waals surface area contributed by atoms with Crippen LogP contribution in [0.3, 0.4) is 0 Å². The fourth-order valence-electron chi connectivity index (χ4n) is 1.98. The monoisotopic (exact) mass is 315 g/mol. The molecule has 0 atom stereocenters. The highest BCUT2D eigenvalue weighted by Crippen LogP contribution is 2.23. The molecule has 0 saturated carbocycles. The van der Waals surface area contributed by atoms with Gasteiger partial charge < -0.3 is 15.4 Å². The summed E-state index contributed by atoms with van der Waals surface area (Å²) < 4.78 is 31.5. The molecule has 0 spiro atoms. The third-order valence-electron chi connectivity index (χ3n) is 3.26. The van der Waals surface area contributed by atoms with E-state index in [0.717, 1.165) is 13.0 Å². The minimum absolute atomic E-state index is 0.233. The molecule has 0 radical (unpaired) electrons. The molecule has 1 rings (SSSR count). The fraction of sp³-hybridized carbons (Fsp3) is 0.571. The first-order valence-corrected chi connectivity index (χ1v) is 8.25. The highest BCUT2D eigenvalue weighted by molar-refractivity contribution is 7.89. The van der Waals surface area contributed by atoms with Gasteiger partial charge in [0, 0.05) is 25.7 Å². The Morgan fingerprint density at radius 1 is 1.19 bits per heavy atom. The minimum Gasteiger partial charge on any atom is -0.496 e. The fourth-order valence-corrected chi connectivity index (χ4v) is 3.25. The second-order valence-electron chi connectivity index (χ2n) is 5.16. The van der Waals surface area contributed by atoms with Gasteiger partial charge in [-0.2, -0.15) is 0 Å². The van der Waals surface area contributed by atoms with Gasteiger partial charge in [0.05, 0.1) is 12.0 Å². The first-order valence-electron chi connectivity index (χ1n) is 6.81. The minimum atomic E-state index is -3.49. The van der Waals surface area contributed by atoms with Gasteiger partial charge in [-0.1, -0.05) is 0 Å². The van der Waals surface area contributed by atoms with Crippen molar-refractivity contribution in [1.82, 2.24) is 9.21 Å². The molecule has 0 unspecified atom stereocenters. The van der Waals surface area contributed by atoms with Gasteiger partial charge in [-0.25, -0.2) is 12.7 Å². The van der Waals surface area contributed by atoms with Gasteiger partial charge in [0.1, 0.15) is 5.75 Å². The molecule has 0 aliphatic carbocycles. The Bertz CT molecular complexity index is 559. The summed E-state index contributed by atoms with van der Waals surface area (Å²) in [7, 11) is 3.57. The topological polar surface area (TPSA) is 75.9 Å². The summed E-state index contributed by atoms with van der Waals surface area (Å²) >= 11 is 0. The molecule has 2 N–H and O–H groups in total. The normalized spacial score (nSPS) is 12.1. The maximum Gasteiger partial charge on any atom is 0.242 e. The van der Waals surface area contributed by atoms with Crippen LogP contribution in [-0.4, -0.2) is 59.0 Å². The lowest BCUT2D eigenvalue weighted by Crippen LogP contribution is -2.30. The van der Waals surface area contributed by atoms with Gasteiger partial charge >= 0.3 is 0 Å². The predicted octanol–water partition coefficient (Wildman–Crippen LogP) is 0.726. The van der Waals surface area contributed by atoms with Gasteiger partial charge in [0.15, 0.2) is 0 Å². The third-order valence-corrected chi connectivity index (χ3v) is 5.11. The van der Waals surface area contributed by atoms with Crippen molar-refractivity contribution < 1.29 is 13.2 Å². The number of nitrogens with two attached hydrogens (primary N) is 1. The van der Waals surface area contributed by atoms with E-state index >= 15 is 0 Å². The Balaban J connectivity index is 2.91. The van der Waals surface area contributed by atoms with Crippen molar-refractivity contribution in [2.24, 2.45) is 5.73 Å². The second-order valence-corrected chi connectivity index (χ2v) is 7.21. The smallest absolute Gasteiger partial charge is 0.242 e. The Morgan fingerprint density at radius 3 is 2.38 bits per heavy atom. The summed E-state index contributed by atoms with van der Waals surface area (Å²) in [5.41, 5.74) is 6.31. The molecule has 0 amide bonds. The molecular formula is C14H25N3O3S. The first kappa shape index (κ1) is 17.9. The standard InChI is InChI=1S/C14H25N3O3S/c1-16(2)8-5-9-17(3)21(18,19)13-6-7-14(20-4)12(10-13)11-15/h6-7,10H,5,8-9,11,15H2,1-4H3. The molecule has 0 aliphatic rings. The van der Waals surface area contributed by atoms with E-state index in [1.165, 1.54) is 11.4 Å². The molecule has 21 heavy (non-hydrogen) atoms. The molecular weight excluding hydrogens is 290 g/mol. The van der Waals surface area contributed by atoms with Crippen LogP contribution in [0.1, 0.15) is 12.0 Å². The molecule has 6 nitrogen and oxygen atoms in total. The van der Waals surface area contributed by atoms with E-state index in [1.807, 2.05) is 19.0 Å². The predicted molar refractivity (Wildman–Crippen MR) is 83.9 cm³/mol. The van der Waals surface area contributed by atoms with Gasteiger partial charge in [-0.3, -0.25) is 0 Å². The van der Waals surface area contributed by atoms with Crippen LogP contribution in [-0.2, 0) is 16.6 Å². The lowest BCUT2D eigenvalue weighted by Gasteiger charge is -2.19. The van der Waals surface area contributed by atoms with Gasteiger partial charge in [-0.05, 0) is 45.3 Å². The molecule has 1 aromatic carbocycles. The van der Waals surface area contributed by atoms with Crippen molar-refractivity contribution in [3.63, 3.8) is 0 Å². The molecule has 120 valence electrons. The number of ether oxygens (including phenoxy) is 1. The number of sulfonamides is 1. The van der Waals surface area contributed by atoms with Crippen LogP contribution in [0.15, 0.2) is 23.1 Å². The van der Waals surface area contributed by atoms with Crippen LogP contribution < -0.4 is 10.5 Å². The van der Waals surface area contributed by atoms with Crippen molar-refractivity contribution in [2.75, 3.05) is 41.3 Å². The molecule has 0 fully saturated rings. The third kappa shape index (κ3) is 4.67. The number of methoxy groups -OCH3 is 1. The molecule has 0 aromatic heterocycles. The average Bonchev–Trinajstić information content (AvgIpc) is 2.45. The van der Waals surface area contributed by atoms with E-state index in [0.29, 0.717) is 17.9 Å². The quantitative estimate of drug-likeness (QED) is 0.765. The Kier molecular flexibility index (Phi) is 6.60. The van der Waals surface area contributed by atoms with Crippen molar-refractivity contribution in [1.29, 1.82) is 0 Å². The molecule has 0 aliphatic heterocycles. The largest absolute Gasteiger partial charge is 0.496 e. The first-order chi connectivity index (χ1) is 9.82. The SMILES string of the molecule is COc1ccc(S(=O)(=O)N(C)CCCN(C)C)cc1CN. The zero-order chi connectivity index (χ0) is 16.0. The number of hydrogen-bond acceptors (Lipinski definition) is 5. The summed E-state index contributed by atoms with van der Waals surface area (Å²) in [6, 6.07) is 4.77.